The summed E-state index contributed by atoms with van der Waals surface area (Å²) in [5.74, 6) is -0.198. The number of pyridine rings is 1. The molecule has 0 saturated heterocycles. The zero-order valence-electron chi connectivity index (χ0n) is 12.9. The lowest BCUT2D eigenvalue weighted by atomic mass is 9.87. The Kier molecular flexibility index (Phi) is 3.98. The number of aromatic nitrogens is 1. The molecule has 1 amide bonds. The minimum Gasteiger partial charge on any atom is -0.397 e. The monoisotopic (exact) mass is 283 g/mol. The molecule has 0 radical (unpaired) electrons. The zero-order valence-corrected chi connectivity index (χ0v) is 12.9. The van der Waals surface area contributed by atoms with Crippen LogP contribution in [0.25, 0.3) is 0 Å². The van der Waals surface area contributed by atoms with Crippen LogP contribution in [0.4, 0.5) is 11.4 Å². The van der Waals surface area contributed by atoms with Crippen LogP contribution in [-0.2, 0) is 5.41 Å². The number of nitrogens with zero attached hydrogens (tertiary/aromatic N) is 1. The van der Waals surface area contributed by atoms with Crippen LogP contribution in [0.2, 0.25) is 0 Å². The van der Waals surface area contributed by atoms with Crippen molar-refractivity contribution >= 4 is 17.3 Å². The average molecular weight is 283 g/mol. The number of hydrogen-bond acceptors (Lipinski definition) is 3. The summed E-state index contributed by atoms with van der Waals surface area (Å²) in [6, 6.07) is 9.52. The van der Waals surface area contributed by atoms with Crippen molar-refractivity contribution < 1.29 is 4.79 Å². The number of nitrogens with one attached hydrogen (secondary N) is 1. The number of carbonyl (C=O) groups is 1. The zero-order chi connectivity index (χ0) is 15.6. The second-order valence-corrected chi connectivity index (χ2v) is 6.18. The van der Waals surface area contributed by atoms with Gasteiger partial charge in [0.2, 0.25) is 0 Å². The highest BCUT2D eigenvalue weighted by Crippen LogP contribution is 2.23. The summed E-state index contributed by atoms with van der Waals surface area (Å²) in [5, 5.41) is 2.87. The van der Waals surface area contributed by atoms with E-state index in [2.05, 4.69) is 31.1 Å². The molecule has 1 aromatic carbocycles. The molecule has 2 aromatic rings. The first-order chi connectivity index (χ1) is 9.77. The van der Waals surface area contributed by atoms with Gasteiger partial charge in [-0.05, 0) is 36.1 Å². The van der Waals surface area contributed by atoms with E-state index in [1.54, 1.807) is 19.2 Å². The van der Waals surface area contributed by atoms with Crippen LogP contribution in [0.5, 0.6) is 0 Å². The summed E-state index contributed by atoms with van der Waals surface area (Å²) in [5.41, 5.74) is 9.40. The van der Waals surface area contributed by atoms with E-state index in [-0.39, 0.29) is 11.3 Å². The molecule has 4 nitrogen and oxygen atoms in total. The first kappa shape index (κ1) is 15.0. The third kappa shape index (κ3) is 3.60. The summed E-state index contributed by atoms with van der Waals surface area (Å²) < 4.78 is 0. The molecule has 0 atom stereocenters. The van der Waals surface area contributed by atoms with E-state index in [9.17, 15) is 4.79 Å². The molecule has 0 aliphatic carbocycles. The fourth-order valence-electron chi connectivity index (χ4n) is 2.03. The van der Waals surface area contributed by atoms with E-state index < -0.39 is 0 Å². The van der Waals surface area contributed by atoms with Gasteiger partial charge in [-0.15, -0.1) is 0 Å². The molecule has 0 aliphatic heterocycles. The summed E-state index contributed by atoms with van der Waals surface area (Å²) in [7, 11) is 0. The number of amides is 1. The van der Waals surface area contributed by atoms with Crippen LogP contribution >= 0.6 is 0 Å². The predicted molar refractivity (Wildman–Crippen MR) is 86.5 cm³/mol. The smallest absolute Gasteiger partial charge is 0.257 e. The Hall–Kier alpha value is -2.36. The lowest BCUT2D eigenvalue weighted by molar-refractivity contribution is 0.102. The van der Waals surface area contributed by atoms with Gasteiger partial charge in [-0.1, -0.05) is 32.9 Å². The Bertz CT molecular complexity index is 655. The van der Waals surface area contributed by atoms with Gasteiger partial charge in [0.15, 0.2) is 0 Å². The predicted octanol–water partition coefficient (Wildman–Crippen LogP) is 3.52. The maximum Gasteiger partial charge on any atom is 0.257 e. The molecule has 0 unspecified atom stereocenters. The third-order valence-corrected chi connectivity index (χ3v) is 3.36. The first-order valence-electron chi connectivity index (χ1n) is 6.91. The Morgan fingerprint density at radius 2 is 1.81 bits per heavy atom. The van der Waals surface area contributed by atoms with Gasteiger partial charge in [0.05, 0.1) is 23.1 Å². The number of carbonyl (C=O) groups excluding carboxylic acids is 1. The molecule has 0 fully saturated rings. The van der Waals surface area contributed by atoms with Gasteiger partial charge >= 0.3 is 0 Å². The van der Waals surface area contributed by atoms with Crippen molar-refractivity contribution in [2.24, 2.45) is 0 Å². The number of nitrogen functional groups attached to an aromatic ring is 1. The number of benzene rings is 1. The molecular weight excluding hydrogens is 262 g/mol. The summed E-state index contributed by atoms with van der Waals surface area (Å²) in [6.45, 7) is 8.25. The molecule has 1 aromatic heterocycles. The van der Waals surface area contributed by atoms with E-state index in [0.717, 1.165) is 5.69 Å². The van der Waals surface area contributed by atoms with Gasteiger partial charge in [-0.2, -0.15) is 0 Å². The van der Waals surface area contributed by atoms with Gasteiger partial charge in [-0.3, -0.25) is 9.78 Å². The molecule has 1 heterocycles. The van der Waals surface area contributed by atoms with Crippen molar-refractivity contribution in [3.8, 4) is 0 Å². The standard InChI is InChI=1S/C17H21N3O/c1-11-15(9-13(18)10-19-11)16(21)20-14-7-5-12(6-8-14)17(2,3)4/h5-10H,18H2,1-4H3,(H,20,21). The highest BCUT2D eigenvalue weighted by molar-refractivity contribution is 6.05. The molecule has 0 spiro atoms. The van der Waals surface area contributed by atoms with Crippen molar-refractivity contribution in [1.29, 1.82) is 0 Å². The van der Waals surface area contributed by atoms with Crippen molar-refractivity contribution in [1.82, 2.24) is 4.98 Å². The van der Waals surface area contributed by atoms with Crippen molar-refractivity contribution in [3.63, 3.8) is 0 Å². The maximum absolute atomic E-state index is 12.3. The highest BCUT2D eigenvalue weighted by Gasteiger charge is 2.14. The first-order valence-corrected chi connectivity index (χ1v) is 6.91. The number of nitrogens with two attached hydrogens (primary N) is 1. The molecule has 4 heteroatoms. The van der Waals surface area contributed by atoms with Crippen molar-refractivity contribution in [2.45, 2.75) is 33.1 Å². The van der Waals surface area contributed by atoms with Crippen LogP contribution in [0.15, 0.2) is 36.5 Å². The van der Waals surface area contributed by atoms with Crippen LogP contribution in [0, 0.1) is 6.92 Å². The average Bonchev–Trinajstić information content (AvgIpc) is 2.41. The number of anilines is 2. The maximum atomic E-state index is 12.3. The van der Waals surface area contributed by atoms with E-state index in [1.165, 1.54) is 5.56 Å². The molecule has 110 valence electrons. The van der Waals surface area contributed by atoms with E-state index in [1.807, 2.05) is 24.3 Å². The second-order valence-electron chi connectivity index (χ2n) is 6.18. The Morgan fingerprint density at radius 1 is 1.19 bits per heavy atom. The van der Waals surface area contributed by atoms with E-state index in [0.29, 0.717) is 16.9 Å². The Balaban J connectivity index is 2.18. The quantitative estimate of drug-likeness (QED) is 0.886. The molecular formula is C17H21N3O. The highest BCUT2D eigenvalue weighted by atomic mass is 16.1. The molecule has 21 heavy (non-hydrogen) atoms. The number of rotatable bonds is 2. The minimum absolute atomic E-state index is 0.0942. The topological polar surface area (TPSA) is 68.0 Å². The summed E-state index contributed by atoms with van der Waals surface area (Å²) >= 11 is 0. The lowest BCUT2D eigenvalue weighted by Crippen LogP contribution is -2.15. The fourth-order valence-corrected chi connectivity index (χ4v) is 2.03. The van der Waals surface area contributed by atoms with E-state index in [4.69, 9.17) is 5.73 Å². The van der Waals surface area contributed by atoms with Crippen LogP contribution in [-0.4, -0.2) is 10.9 Å². The third-order valence-electron chi connectivity index (χ3n) is 3.36. The number of hydrogen-bond donors (Lipinski definition) is 2. The Morgan fingerprint density at radius 3 is 2.38 bits per heavy atom. The van der Waals surface area contributed by atoms with Crippen LogP contribution in [0.3, 0.4) is 0 Å². The Labute approximate surface area is 125 Å². The SMILES string of the molecule is Cc1ncc(N)cc1C(=O)Nc1ccc(C(C)(C)C)cc1. The van der Waals surface area contributed by atoms with Gasteiger partial charge in [0, 0.05) is 5.69 Å². The normalized spacial score (nSPS) is 11.2. The minimum atomic E-state index is -0.198. The van der Waals surface area contributed by atoms with Crippen LogP contribution < -0.4 is 11.1 Å². The molecule has 0 saturated carbocycles. The largest absolute Gasteiger partial charge is 0.397 e. The van der Waals surface area contributed by atoms with E-state index >= 15 is 0 Å². The van der Waals surface area contributed by atoms with Crippen molar-refractivity contribution in [3.05, 3.63) is 53.3 Å². The molecule has 0 aliphatic rings. The number of aryl methyl sites for hydroxylation is 1. The van der Waals surface area contributed by atoms with Gasteiger partial charge in [0.1, 0.15) is 0 Å². The van der Waals surface area contributed by atoms with Gasteiger partial charge in [0.25, 0.3) is 5.91 Å². The summed E-state index contributed by atoms with van der Waals surface area (Å²) in [6.07, 6.45) is 1.55. The summed E-state index contributed by atoms with van der Waals surface area (Å²) in [4.78, 5) is 16.4. The molecule has 2 rings (SSSR count). The fraction of sp³-hybridized carbons (Fsp3) is 0.294. The molecule has 0 bridgehead atoms. The van der Waals surface area contributed by atoms with Gasteiger partial charge in [-0.25, -0.2) is 0 Å². The van der Waals surface area contributed by atoms with Crippen LogP contribution in [0.1, 0.15) is 42.4 Å². The van der Waals surface area contributed by atoms with Gasteiger partial charge < -0.3 is 11.1 Å². The lowest BCUT2D eigenvalue weighted by Gasteiger charge is -2.19. The second kappa shape index (κ2) is 5.56. The van der Waals surface area contributed by atoms with Crippen molar-refractivity contribution in [2.75, 3.05) is 11.1 Å². The molecule has 3 N–H and O–H groups in total.